The number of hydrogen-bond acceptors (Lipinski definition) is 6. The molecule has 1 heterocycles. The van der Waals surface area contributed by atoms with Crippen molar-refractivity contribution in [3.8, 4) is 0 Å². The molecule has 0 radical (unpaired) electrons. The summed E-state index contributed by atoms with van der Waals surface area (Å²) in [6.45, 7) is 1.73. The number of benzene rings is 1. The van der Waals surface area contributed by atoms with Crippen LogP contribution < -0.4 is 4.72 Å². The third-order valence-electron chi connectivity index (χ3n) is 3.26. The number of aryl methyl sites for hydroxylation is 1. The Morgan fingerprint density at radius 1 is 1.30 bits per heavy atom. The summed E-state index contributed by atoms with van der Waals surface area (Å²) in [4.78, 5) is 12.1. The van der Waals surface area contributed by atoms with Crippen molar-refractivity contribution in [3.05, 3.63) is 51.7 Å². The van der Waals surface area contributed by atoms with Crippen LogP contribution in [0.4, 0.5) is 0 Å². The average Bonchev–Trinajstić information content (AvgIpc) is 2.98. The maximum absolute atomic E-state index is 12.2. The lowest BCUT2D eigenvalue weighted by molar-refractivity contribution is 0.0600. The van der Waals surface area contributed by atoms with Crippen molar-refractivity contribution in [2.24, 2.45) is 0 Å². The molecule has 6 nitrogen and oxygen atoms in total. The minimum Gasteiger partial charge on any atom is -0.465 e. The zero-order valence-corrected chi connectivity index (χ0v) is 14.3. The van der Waals surface area contributed by atoms with Crippen molar-refractivity contribution in [2.75, 3.05) is 13.7 Å². The third-order valence-corrected chi connectivity index (χ3v) is 5.82. The summed E-state index contributed by atoms with van der Waals surface area (Å²) < 4.78 is 31.3. The predicted octanol–water partition coefficient (Wildman–Crippen LogP) is 1.86. The SMILES string of the molecule is COC(=O)c1ccc(S(=O)(=O)NC[C@H](O)c2sccc2C)cc1. The number of thiophene rings is 1. The normalized spacial score (nSPS) is 12.8. The van der Waals surface area contributed by atoms with Crippen molar-refractivity contribution in [1.82, 2.24) is 4.72 Å². The second-order valence-corrected chi connectivity index (χ2v) is 7.57. The topological polar surface area (TPSA) is 92.7 Å². The minimum absolute atomic E-state index is 0.0141. The Kier molecular flexibility index (Phi) is 5.53. The van der Waals surface area contributed by atoms with Crippen LogP contribution in [0.5, 0.6) is 0 Å². The molecule has 2 aromatic rings. The molecule has 0 saturated carbocycles. The molecule has 1 aromatic heterocycles. The van der Waals surface area contributed by atoms with Gasteiger partial charge < -0.3 is 9.84 Å². The van der Waals surface area contributed by atoms with E-state index in [0.29, 0.717) is 0 Å². The number of ether oxygens (including phenoxy) is 1. The van der Waals surface area contributed by atoms with Crippen molar-refractivity contribution in [3.63, 3.8) is 0 Å². The van der Waals surface area contributed by atoms with E-state index in [1.807, 2.05) is 18.4 Å². The highest BCUT2D eigenvalue weighted by Gasteiger charge is 2.19. The molecule has 8 heteroatoms. The molecule has 0 bridgehead atoms. The quantitative estimate of drug-likeness (QED) is 0.772. The van der Waals surface area contributed by atoms with Gasteiger partial charge in [-0.2, -0.15) is 0 Å². The molecule has 0 amide bonds. The first kappa shape index (κ1) is 17.6. The second-order valence-electron chi connectivity index (χ2n) is 4.85. The summed E-state index contributed by atoms with van der Waals surface area (Å²) in [5.41, 5.74) is 1.19. The van der Waals surface area contributed by atoms with Gasteiger partial charge in [-0.15, -0.1) is 11.3 Å². The molecular formula is C15H17NO5S2. The first-order valence-electron chi connectivity index (χ1n) is 6.75. The van der Waals surface area contributed by atoms with Crippen molar-refractivity contribution < 1.29 is 23.1 Å². The van der Waals surface area contributed by atoms with E-state index in [-0.39, 0.29) is 17.0 Å². The maximum atomic E-state index is 12.2. The van der Waals surface area contributed by atoms with Gasteiger partial charge in [0.25, 0.3) is 0 Å². The van der Waals surface area contributed by atoms with Crippen LogP contribution in [0.3, 0.4) is 0 Å². The van der Waals surface area contributed by atoms with Crippen LogP contribution in [0.15, 0.2) is 40.6 Å². The van der Waals surface area contributed by atoms with Crippen LogP contribution in [0.1, 0.15) is 26.9 Å². The van der Waals surface area contributed by atoms with E-state index in [1.54, 1.807) is 0 Å². The van der Waals surface area contributed by atoms with Crippen LogP contribution in [-0.4, -0.2) is 33.1 Å². The molecule has 23 heavy (non-hydrogen) atoms. The Hall–Kier alpha value is -1.74. The smallest absolute Gasteiger partial charge is 0.337 e. The van der Waals surface area contributed by atoms with E-state index in [0.717, 1.165) is 10.4 Å². The first-order valence-corrected chi connectivity index (χ1v) is 9.11. The Balaban J connectivity index is 2.07. The largest absolute Gasteiger partial charge is 0.465 e. The number of esters is 1. The van der Waals surface area contributed by atoms with Crippen LogP contribution in [0.25, 0.3) is 0 Å². The maximum Gasteiger partial charge on any atom is 0.337 e. The number of sulfonamides is 1. The number of carbonyl (C=O) groups is 1. The fourth-order valence-electron chi connectivity index (χ4n) is 1.98. The second kappa shape index (κ2) is 7.22. The van der Waals surface area contributed by atoms with Gasteiger partial charge in [-0.1, -0.05) is 0 Å². The van der Waals surface area contributed by atoms with Crippen molar-refractivity contribution >= 4 is 27.3 Å². The van der Waals surface area contributed by atoms with Gasteiger partial charge in [0.2, 0.25) is 10.0 Å². The fourth-order valence-corrected chi connectivity index (χ4v) is 3.93. The Morgan fingerprint density at radius 3 is 2.48 bits per heavy atom. The Bertz CT molecular complexity index is 780. The number of rotatable bonds is 6. The lowest BCUT2D eigenvalue weighted by Crippen LogP contribution is -2.28. The van der Waals surface area contributed by atoms with E-state index in [4.69, 9.17) is 0 Å². The van der Waals surface area contributed by atoms with Crippen LogP contribution in [0, 0.1) is 6.92 Å². The molecule has 2 N–H and O–H groups in total. The van der Waals surface area contributed by atoms with Gasteiger partial charge in [0.1, 0.15) is 6.10 Å². The molecule has 1 atom stereocenters. The number of methoxy groups -OCH3 is 1. The monoisotopic (exact) mass is 355 g/mol. The molecule has 0 spiro atoms. The van der Waals surface area contributed by atoms with Gasteiger partial charge in [-0.05, 0) is 48.2 Å². The molecule has 0 saturated heterocycles. The van der Waals surface area contributed by atoms with Gasteiger partial charge in [-0.25, -0.2) is 17.9 Å². The highest BCUT2D eigenvalue weighted by Crippen LogP contribution is 2.23. The van der Waals surface area contributed by atoms with E-state index in [2.05, 4.69) is 9.46 Å². The van der Waals surface area contributed by atoms with Crippen molar-refractivity contribution in [1.29, 1.82) is 0 Å². The first-order chi connectivity index (χ1) is 10.8. The number of nitrogens with one attached hydrogen (secondary N) is 1. The Morgan fingerprint density at radius 2 is 1.96 bits per heavy atom. The summed E-state index contributed by atoms with van der Waals surface area (Å²) in [5.74, 6) is -0.537. The minimum atomic E-state index is -3.77. The molecule has 124 valence electrons. The van der Waals surface area contributed by atoms with E-state index < -0.39 is 22.1 Å². The zero-order valence-electron chi connectivity index (χ0n) is 12.6. The highest BCUT2D eigenvalue weighted by atomic mass is 32.2. The number of aliphatic hydroxyl groups is 1. The molecule has 0 fully saturated rings. The van der Waals surface area contributed by atoms with Crippen molar-refractivity contribution in [2.45, 2.75) is 17.9 Å². The average molecular weight is 355 g/mol. The summed E-state index contributed by atoms with van der Waals surface area (Å²) >= 11 is 1.38. The third kappa shape index (κ3) is 4.17. The summed E-state index contributed by atoms with van der Waals surface area (Å²) in [6.07, 6.45) is -0.904. The zero-order chi connectivity index (χ0) is 17.0. The van der Waals surface area contributed by atoms with E-state index in [9.17, 15) is 18.3 Å². The molecular weight excluding hydrogens is 338 g/mol. The number of hydrogen-bond donors (Lipinski definition) is 2. The van der Waals surface area contributed by atoms with Crippen LogP contribution in [0.2, 0.25) is 0 Å². The molecule has 1 aromatic carbocycles. The van der Waals surface area contributed by atoms with Gasteiger partial charge in [0, 0.05) is 11.4 Å². The molecule has 0 aliphatic heterocycles. The summed E-state index contributed by atoms with van der Waals surface area (Å²) in [6, 6.07) is 7.25. The lowest BCUT2D eigenvalue weighted by Gasteiger charge is -2.12. The van der Waals surface area contributed by atoms with Crippen LogP contribution >= 0.6 is 11.3 Å². The number of aliphatic hydroxyl groups excluding tert-OH is 1. The van der Waals surface area contributed by atoms with E-state index in [1.165, 1.54) is 42.7 Å². The molecule has 0 unspecified atom stereocenters. The van der Waals surface area contributed by atoms with Gasteiger partial charge in [-0.3, -0.25) is 0 Å². The highest BCUT2D eigenvalue weighted by molar-refractivity contribution is 7.89. The van der Waals surface area contributed by atoms with Gasteiger partial charge in [0.05, 0.1) is 17.6 Å². The summed E-state index contributed by atoms with van der Waals surface area (Å²) in [7, 11) is -2.51. The Labute approximate surface area is 138 Å². The molecule has 2 rings (SSSR count). The number of carbonyl (C=O) groups excluding carboxylic acids is 1. The van der Waals surface area contributed by atoms with E-state index >= 15 is 0 Å². The van der Waals surface area contributed by atoms with Gasteiger partial charge in [0.15, 0.2) is 0 Å². The fraction of sp³-hybridized carbons (Fsp3) is 0.267. The molecule has 0 aliphatic carbocycles. The molecule has 0 aliphatic rings. The predicted molar refractivity (Wildman–Crippen MR) is 87.0 cm³/mol. The lowest BCUT2D eigenvalue weighted by atomic mass is 10.2. The standard InChI is InChI=1S/C15H17NO5S2/c1-10-7-8-22-14(10)13(17)9-16-23(19,20)12-5-3-11(4-6-12)15(18)21-2/h3-8,13,16-17H,9H2,1-2H3/t13-/m0/s1. The van der Waals surface area contributed by atoms with Crippen LogP contribution in [-0.2, 0) is 14.8 Å². The summed E-state index contributed by atoms with van der Waals surface area (Å²) in [5, 5.41) is 11.9. The van der Waals surface area contributed by atoms with Gasteiger partial charge >= 0.3 is 5.97 Å².